The lowest BCUT2D eigenvalue weighted by Gasteiger charge is -2.25. The zero-order valence-electron chi connectivity index (χ0n) is 12.6. The molecule has 2 unspecified atom stereocenters. The molecule has 0 spiro atoms. The van der Waals surface area contributed by atoms with Gasteiger partial charge in [-0.05, 0) is 30.9 Å². The third-order valence-electron chi connectivity index (χ3n) is 3.19. The number of hydrogen-bond acceptors (Lipinski definition) is 3. The molecule has 0 fully saturated rings. The van der Waals surface area contributed by atoms with Crippen molar-refractivity contribution in [3.63, 3.8) is 0 Å². The van der Waals surface area contributed by atoms with Gasteiger partial charge in [-0.25, -0.2) is 4.39 Å². The number of nitrogens with zero attached hydrogens (tertiary/aromatic N) is 1. The molecular weight excluding hydrogens is 257 g/mol. The molecule has 4 nitrogen and oxygen atoms in total. The van der Waals surface area contributed by atoms with Gasteiger partial charge in [0.15, 0.2) is 0 Å². The molecule has 5 heteroatoms. The second-order valence-corrected chi connectivity index (χ2v) is 5.33. The molecule has 0 aliphatic rings. The molecule has 1 rings (SSSR count). The number of likely N-dealkylation sites (N-methyl/N-ethyl adjacent to an activating group) is 1. The summed E-state index contributed by atoms with van der Waals surface area (Å²) in [5.74, 6) is 0.0244. The van der Waals surface area contributed by atoms with Crippen LogP contribution >= 0.6 is 0 Å². The van der Waals surface area contributed by atoms with Crippen LogP contribution in [0.4, 0.5) is 4.39 Å². The van der Waals surface area contributed by atoms with Crippen LogP contribution in [-0.4, -0.2) is 24.0 Å². The van der Waals surface area contributed by atoms with Gasteiger partial charge < -0.3 is 5.32 Å². The predicted octanol–water partition coefficient (Wildman–Crippen LogP) is 2.42. The smallest absolute Gasteiger partial charge is 0.236 e. The Morgan fingerprint density at radius 3 is 2.55 bits per heavy atom. The number of nitrogens with one attached hydrogen (secondary N) is 2. The zero-order valence-corrected chi connectivity index (χ0v) is 12.6. The van der Waals surface area contributed by atoms with E-state index in [1.54, 1.807) is 13.1 Å². The highest BCUT2D eigenvalue weighted by atomic mass is 19.1. The van der Waals surface area contributed by atoms with Crippen molar-refractivity contribution in [1.82, 2.24) is 15.6 Å². The summed E-state index contributed by atoms with van der Waals surface area (Å²) in [6, 6.07) is 2.73. The summed E-state index contributed by atoms with van der Waals surface area (Å²) in [5.41, 5.74) is 0.756. The number of rotatable bonds is 7. The standard InChI is InChI=1S/C15H24FN3O/c1-5-12(13-7-6-11(16)9-18-13)19-14(8-10(2)3)15(20)17-4/h6-7,9-10,12,14,19H,5,8H2,1-4H3,(H,17,20). The molecule has 2 N–H and O–H groups in total. The van der Waals surface area contributed by atoms with Crippen molar-refractivity contribution in [2.75, 3.05) is 7.05 Å². The van der Waals surface area contributed by atoms with Crippen molar-refractivity contribution < 1.29 is 9.18 Å². The number of amides is 1. The van der Waals surface area contributed by atoms with Crippen molar-refractivity contribution in [1.29, 1.82) is 0 Å². The maximum atomic E-state index is 12.9. The fourth-order valence-corrected chi connectivity index (χ4v) is 2.15. The fraction of sp³-hybridized carbons (Fsp3) is 0.600. The molecule has 0 aliphatic heterocycles. The van der Waals surface area contributed by atoms with E-state index in [-0.39, 0.29) is 23.8 Å². The molecule has 0 radical (unpaired) electrons. The number of pyridine rings is 1. The Labute approximate surface area is 120 Å². The summed E-state index contributed by atoms with van der Waals surface area (Å²) < 4.78 is 12.9. The molecule has 1 amide bonds. The topological polar surface area (TPSA) is 54.0 Å². The highest BCUT2D eigenvalue weighted by molar-refractivity contribution is 5.81. The highest BCUT2D eigenvalue weighted by Gasteiger charge is 2.22. The van der Waals surface area contributed by atoms with Gasteiger partial charge in [-0.15, -0.1) is 0 Å². The van der Waals surface area contributed by atoms with Gasteiger partial charge in [0, 0.05) is 13.1 Å². The molecule has 1 heterocycles. The molecule has 20 heavy (non-hydrogen) atoms. The van der Waals surface area contributed by atoms with Crippen LogP contribution in [0.3, 0.4) is 0 Å². The minimum Gasteiger partial charge on any atom is -0.358 e. The van der Waals surface area contributed by atoms with E-state index in [2.05, 4.69) is 29.5 Å². The number of aromatic nitrogens is 1. The van der Waals surface area contributed by atoms with E-state index < -0.39 is 0 Å². The van der Waals surface area contributed by atoms with Crippen molar-refractivity contribution in [3.05, 3.63) is 29.8 Å². The molecule has 0 saturated carbocycles. The summed E-state index contributed by atoms with van der Waals surface area (Å²) in [6.45, 7) is 6.17. The van der Waals surface area contributed by atoms with Crippen LogP contribution in [-0.2, 0) is 4.79 Å². The second-order valence-electron chi connectivity index (χ2n) is 5.33. The number of carbonyl (C=O) groups is 1. The third kappa shape index (κ3) is 4.89. The zero-order chi connectivity index (χ0) is 15.1. The molecule has 1 aromatic rings. The maximum Gasteiger partial charge on any atom is 0.236 e. The predicted molar refractivity (Wildman–Crippen MR) is 77.7 cm³/mol. The Hall–Kier alpha value is -1.49. The number of carbonyl (C=O) groups excluding carboxylic acids is 1. The molecule has 0 saturated heterocycles. The van der Waals surface area contributed by atoms with Gasteiger partial charge in [-0.3, -0.25) is 15.1 Å². The van der Waals surface area contributed by atoms with E-state index in [1.807, 2.05) is 6.92 Å². The average molecular weight is 281 g/mol. The van der Waals surface area contributed by atoms with Crippen LogP contribution in [0.5, 0.6) is 0 Å². The normalized spacial score (nSPS) is 14.1. The van der Waals surface area contributed by atoms with Gasteiger partial charge in [0.05, 0.1) is 17.9 Å². The molecule has 0 aliphatic carbocycles. The molecule has 0 aromatic carbocycles. The maximum absolute atomic E-state index is 12.9. The minimum absolute atomic E-state index is 0.0285. The first kappa shape index (κ1) is 16.6. The van der Waals surface area contributed by atoms with E-state index in [9.17, 15) is 9.18 Å². The van der Waals surface area contributed by atoms with E-state index >= 15 is 0 Å². The van der Waals surface area contributed by atoms with E-state index in [0.29, 0.717) is 5.92 Å². The van der Waals surface area contributed by atoms with Crippen LogP contribution in [0.25, 0.3) is 0 Å². The first-order valence-electron chi connectivity index (χ1n) is 7.07. The lowest BCUT2D eigenvalue weighted by atomic mass is 10.0. The molecular formula is C15H24FN3O. The van der Waals surface area contributed by atoms with E-state index in [0.717, 1.165) is 18.5 Å². The Morgan fingerprint density at radius 1 is 1.40 bits per heavy atom. The lowest BCUT2D eigenvalue weighted by molar-refractivity contribution is -0.123. The minimum atomic E-state index is -0.353. The van der Waals surface area contributed by atoms with Crippen LogP contribution in [0.1, 0.15) is 45.3 Å². The van der Waals surface area contributed by atoms with Crippen molar-refractivity contribution in [2.45, 2.75) is 45.7 Å². The molecule has 112 valence electrons. The van der Waals surface area contributed by atoms with Crippen LogP contribution in [0.2, 0.25) is 0 Å². The summed E-state index contributed by atoms with van der Waals surface area (Å²) in [4.78, 5) is 16.0. The molecule has 2 atom stereocenters. The van der Waals surface area contributed by atoms with Gasteiger partial charge in [0.2, 0.25) is 5.91 Å². The monoisotopic (exact) mass is 281 g/mol. The summed E-state index contributed by atoms with van der Waals surface area (Å²) in [5, 5.41) is 6.00. The molecule has 1 aromatic heterocycles. The summed E-state index contributed by atoms with van der Waals surface area (Å²) >= 11 is 0. The van der Waals surface area contributed by atoms with Crippen molar-refractivity contribution in [2.24, 2.45) is 5.92 Å². The number of hydrogen-bond donors (Lipinski definition) is 2. The van der Waals surface area contributed by atoms with Crippen LogP contribution in [0, 0.1) is 11.7 Å². The Balaban J connectivity index is 2.82. The van der Waals surface area contributed by atoms with Gasteiger partial charge in [-0.1, -0.05) is 20.8 Å². The first-order chi connectivity index (χ1) is 9.47. The highest BCUT2D eigenvalue weighted by Crippen LogP contribution is 2.17. The Morgan fingerprint density at radius 2 is 2.10 bits per heavy atom. The fourth-order valence-electron chi connectivity index (χ4n) is 2.15. The van der Waals surface area contributed by atoms with Gasteiger partial charge in [0.1, 0.15) is 5.82 Å². The lowest BCUT2D eigenvalue weighted by Crippen LogP contribution is -2.45. The third-order valence-corrected chi connectivity index (χ3v) is 3.19. The SMILES string of the molecule is CCC(NC(CC(C)C)C(=O)NC)c1ccc(F)cn1. The summed E-state index contributed by atoms with van der Waals surface area (Å²) in [7, 11) is 1.63. The largest absolute Gasteiger partial charge is 0.358 e. The van der Waals surface area contributed by atoms with Gasteiger partial charge in [-0.2, -0.15) is 0 Å². The van der Waals surface area contributed by atoms with Crippen LogP contribution < -0.4 is 10.6 Å². The van der Waals surface area contributed by atoms with E-state index in [1.165, 1.54) is 12.3 Å². The first-order valence-corrected chi connectivity index (χ1v) is 7.07. The Bertz CT molecular complexity index is 420. The summed E-state index contributed by atoms with van der Waals surface area (Å²) in [6.07, 6.45) is 2.73. The van der Waals surface area contributed by atoms with E-state index in [4.69, 9.17) is 0 Å². The molecule has 0 bridgehead atoms. The average Bonchev–Trinajstić information content (AvgIpc) is 2.43. The second kappa shape index (κ2) is 7.94. The van der Waals surface area contributed by atoms with Crippen molar-refractivity contribution >= 4 is 5.91 Å². The van der Waals surface area contributed by atoms with Gasteiger partial charge in [0.25, 0.3) is 0 Å². The van der Waals surface area contributed by atoms with Crippen molar-refractivity contribution in [3.8, 4) is 0 Å². The van der Waals surface area contributed by atoms with Gasteiger partial charge >= 0.3 is 0 Å². The Kier molecular flexibility index (Phi) is 6.58. The quantitative estimate of drug-likeness (QED) is 0.807. The van der Waals surface area contributed by atoms with Crippen LogP contribution in [0.15, 0.2) is 18.3 Å². The number of halogens is 1.